The second kappa shape index (κ2) is 7.41. The Morgan fingerprint density at radius 3 is 2.27 bits per heavy atom. The summed E-state index contributed by atoms with van der Waals surface area (Å²) in [6.07, 6.45) is 0. The van der Waals surface area contributed by atoms with Gasteiger partial charge >= 0.3 is 5.97 Å². The zero-order valence-corrected chi connectivity index (χ0v) is 14.9. The summed E-state index contributed by atoms with van der Waals surface area (Å²) >= 11 is 0. The van der Waals surface area contributed by atoms with Gasteiger partial charge in [-0.05, 0) is 28.5 Å². The number of nitrogens with one attached hydrogen (secondary N) is 1. The molecule has 132 valence electrons. The Morgan fingerprint density at radius 2 is 1.58 bits per heavy atom. The Morgan fingerprint density at radius 1 is 0.923 bits per heavy atom. The summed E-state index contributed by atoms with van der Waals surface area (Å²) in [5, 5.41) is 2.81. The minimum Gasteiger partial charge on any atom is -0.465 e. The predicted molar refractivity (Wildman–Crippen MR) is 103 cm³/mol. The molecule has 0 aromatic heterocycles. The first-order valence-corrected chi connectivity index (χ1v) is 9.40. The Bertz CT molecular complexity index is 1070. The molecule has 0 heterocycles. The molecule has 0 aliphatic carbocycles. The molecule has 0 aliphatic rings. The molecule has 0 aliphatic heterocycles. The summed E-state index contributed by atoms with van der Waals surface area (Å²) in [4.78, 5) is 12.0. The Hall–Kier alpha value is -3.12. The van der Waals surface area contributed by atoms with Gasteiger partial charge in [-0.2, -0.15) is 0 Å². The summed E-state index contributed by atoms with van der Waals surface area (Å²) in [7, 11) is -2.71. The van der Waals surface area contributed by atoms with E-state index in [-0.39, 0.29) is 5.57 Å². The third-order valence-electron chi connectivity index (χ3n) is 3.77. The minimum absolute atomic E-state index is 0.0404. The van der Waals surface area contributed by atoms with Crippen LogP contribution in [0.2, 0.25) is 0 Å². The highest BCUT2D eigenvalue weighted by atomic mass is 32.2. The van der Waals surface area contributed by atoms with E-state index in [0.29, 0.717) is 11.3 Å². The number of benzene rings is 3. The van der Waals surface area contributed by atoms with Crippen LogP contribution in [-0.2, 0) is 19.6 Å². The zero-order valence-electron chi connectivity index (χ0n) is 14.0. The first-order chi connectivity index (χ1) is 12.5. The highest BCUT2D eigenvalue weighted by molar-refractivity contribution is 7.95. The van der Waals surface area contributed by atoms with Crippen molar-refractivity contribution >= 4 is 38.0 Å². The number of ether oxygens (including phenoxy) is 1. The van der Waals surface area contributed by atoms with E-state index in [2.05, 4.69) is 4.72 Å². The minimum atomic E-state index is -3.92. The molecular formula is C20H17NO4S. The fraction of sp³-hybridized carbons (Fsp3) is 0.0500. The molecule has 0 amide bonds. The first-order valence-electron chi connectivity index (χ1n) is 7.85. The maximum atomic E-state index is 12.5. The largest absolute Gasteiger partial charge is 0.465 e. The number of methoxy groups -OCH3 is 1. The molecule has 0 unspecified atom stereocenters. The first kappa shape index (κ1) is 17.7. The van der Waals surface area contributed by atoms with Crippen LogP contribution in [0.25, 0.3) is 16.3 Å². The number of carbonyl (C=O) groups excluding carboxylic acids is 1. The van der Waals surface area contributed by atoms with Crippen LogP contribution >= 0.6 is 0 Å². The molecule has 5 nitrogen and oxygen atoms in total. The monoisotopic (exact) mass is 367 g/mol. The molecule has 6 heteroatoms. The fourth-order valence-electron chi connectivity index (χ4n) is 2.56. The van der Waals surface area contributed by atoms with Crippen molar-refractivity contribution < 1.29 is 17.9 Å². The number of rotatable bonds is 5. The predicted octanol–water partition coefficient (Wildman–Crippen LogP) is 3.80. The third kappa shape index (κ3) is 4.10. The second-order valence-electron chi connectivity index (χ2n) is 5.60. The lowest BCUT2D eigenvalue weighted by molar-refractivity contribution is -0.133. The van der Waals surface area contributed by atoms with Gasteiger partial charge in [0.05, 0.1) is 18.1 Å². The lowest BCUT2D eigenvalue weighted by Crippen LogP contribution is -2.13. The van der Waals surface area contributed by atoms with Crippen LogP contribution in [0, 0.1) is 0 Å². The summed E-state index contributed by atoms with van der Waals surface area (Å²) in [5.41, 5.74) is 0.835. The zero-order chi connectivity index (χ0) is 18.6. The molecule has 26 heavy (non-hydrogen) atoms. The van der Waals surface area contributed by atoms with Crippen LogP contribution in [0.15, 0.2) is 78.2 Å². The number of fused-ring (bicyclic) bond motifs is 1. The molecule has 0 atom stereocenters. The highest BCUT2D eigenvalue weighted by Gasteiger charge is 2.17. The van der Waals surface area contributed by atoms with E-state index < -0.39 is 16.0 Å². The van der Waals surface area contributed by atoms with Gasteiger partial charge in [0, 0.05) is 5.69 Å². The van der Waals surface area contributed by atoms with Gasteiger partial charge in [-0.25, -0.2) is 13.2 Å². The number of sulfonamides is 1. The van der Waals surface area contributed by atoms with Crippen LogP contribution in [0.5, 0.6) is 0 Å². The molecule has 0 spiro atoms. The molecule has 0 fully saturated rings. The van der Waals surface area contributed by atoms with Crippen molar-refractivity contribution in [2.75, 3.05) is 11.8 Å². The van der Waals surface area contributed by atoms with Gasteiger partial charge in [-0.1, -0.05) is 60.7 Å². The van der Waals surface area contributed by atoms with Crippen molar-refractivity contribution in [3.63, 3.8) is 0 Å². The number of hydrogen-bond donors (Lipinski definition) is 1. The Labute approximate surface area is 152 Å². The van der Waals surface area contributed by atoms with Crippen LogP contribution in [0.3, 0.4) is 0 Å². The van der Waals surface area contributed by atoms with Crippen LogP contribution < -0.4 is 4.72 Å². The molecule has 3 aromatic rings. The molecule has 0 saturated carbocycles. The van der Waals surface area contributed by atoms with E-state index in [0.717, 1.165) is 16.2 Å². The van der Waals surface area contributed by atoms with E-state index in [4.69, 9.17) is 4.74 Å². The van der Waals surface area contributed by atoms with Gasteiger partial charge < -0.3 is 4.74 Å². The van der Waals surface area contributed by atoms with Crippen LogP contribution in [0.1, 0.15) is 5.56 Å². The quantitative estimate of drug-likeness (QED) is 0.550. The number of esters is 1. The average molecular weight is 367 g/mol. The number of hydrogen-bond acceptors (Lipinski definition) is 4. The van der Waals surface area contributed by atoms with Gasteiger partial charge in [-0.3, -0.25) is 4.72 Å². The van der Waals surface area contributed by atoms with E-state index in [1.54, 1.807) is 42.5 Å². The summed E-state index contributed by atoms with van der Waals surface area (Å²) in [6.45, 7) is 0. The molecule has 3 aromatic carbocycles. The summed E-state index contributed by atoms with van der Waals surface area (Å²) < 4.78 is 32.3. The van der Waals surface area contributed by atoms with Crippen molar-refractivity contribution in [3.8, 4) is 0 Å². The van der Waals surface area contributed by atoms with E-state index in [9.17, 15) is 13.2 Å². The molecule has 1 N–H and O–H groups in total. The average Bonchev–Trinajstić information content (AvgIpc) is 2.66. The number of carbonyl (C=O) groups is 1. The van der Waals surface area contributed by atoms with Crippen molar-refractivity contribution in [2.24, 2.45) is 0 Å². The maximum absolute atomic E-state index is 12.5. The van der Waals surface area contributed by atoms with Gasteiger partial charge in [0.2, 0.25) is 0 Å². The Kier molecular flexibility index (Phi) is 5.04. The molecule has 0 radical (unpaired) electrons. The normalized spacial score (nSPS) is 12.0. The molecule has 0 bridgehead atoms. The van der Waals surface area contributed by atoms with Crippen LogP contribution in [0.4, 0.5) is 5.69 Å². The summed E-state index contributed by atoms with van der Waals surface area (Å²) in [5.74, 6) is -0.722. The molecule has 3 rings (SSSR count). The smallest absolute Gasteiger partial charge is 0.339 e. The SMILES string of the molecule is COC(=O)C(=CS(=O)(=O)Nc1ccc2ccccc2c1)c1ccccc1. The Balaban J connectivity index is 1.96. The summed E-state index contributed by atoms with van der Waals surface area (Å²) in [6, 6.07) is 21.4. The van der Waals surface area contributed by atoms with Gasteiger partial charge in [0.25, 0.3) is 10.0 Å². The molecule has 0 saturated heterocycles. The van der Waals surface area contributed by atoms with Gasteiger partial charge in [-0.15, -0.1) is 0 Å². The van der Waals surface area contributed by atoms with Gasteiger partial charge in [0.15, 0.2) is 0 Å². The van der Waals surface area contributed by atoms with Crippen molar-refractivity contribution in [2.45, 2.75) is 0 Å². The lowest BCUT2D eigenvalue weighted by Gasteiger charge is -2.09. The van der Waals surface area contributed by atoms with Crippen LogP contribution in [-0.4, -0.2) is 21.5 Å². The third-order valence-corrected chi connectivity index (χ3v) is 4.84. The standard InChI is InChI=1S/C20H17NO4S/c1-25-20(22)19(16-8-3-2-4-9-16)14-26(23,24)21-18-12-11-15-7-5-6-10-17(15)13-18/h2-14,21H,1H3. The fourth-order valence-corrected chi connectivity index (χ4v) is 3.62. The van der Waals surface area contributed by atoms with E-state index >= 15 is 0 Å². The highest BCUT2D eigenvalue weighted by Crippen LogP contribution is 2.22. The maximum Gasteiger partial charge on any atom is 0.339 e. The van der Waals surface area contributed by atoms with Gasteiger partial charge in [0.1, 0.15) is 0 Å². The second-order valence-corrected chi connectivity index (χ2v) is 7.13. The topological polar surface area (TPSA) is 72.5 Å². The van der Waals surface area contributed by atoms with Crippen molar-refractivity contribution in [1.29, 1.82) is 0 Å². The lowest BCUT2D eigenvalue weighted by atomic mass is 10.1. The van der Waals surface area contributed by atoms with E-state index in [1.807, 2.05) is 30.3 Å². The van der Waals surface area contributed by atoms with E-state index in [1.165, 1.54) is 7.11 Å². The number of anilines is 1. The molecular weight excluding hydrogens is 350 g/mol. The van der Waals surface area contributed by atoms with Crippen molar-refractivity contribution in [3.05, 3.63) is 83.8 Å². The van der Waals surface area contributed by atoms with Crippen molar-refractivity contribution in [1.82, 2.24) is 0 Å².